The van der Waals surface area contributed by atoms with E-state index in [4.69, 9.17) is 4.74 Å². The molecule has 0 bridgehead atoms. The summed E-state index contributed by atoms with van der Waals surface area (Å²) in [5.41, 5.74) is 2.22. The van der Waals surface area contributed by atoms with Crippen LogP contribution in [0.25, 0.3) is 0 Å². The molecule has 2 aromatic carbocycles. The summed E-state index contributed by atoms with van der Waals surface area (Å²) in [7, 11) is -1.15. The first-order valence-electron chi connectivity index (χ1n) is 7.81. The highest BCUT2D eigenvalue weighted by molar-refractivity contribution is 7.84. The van der Waals surface area contributed by atoms with E-state index in [1.165, 1.54) is 0 Å². The van der Waals surface area contributed by atoms with Crippen molar-refractivity contribution in [1.82, 2.24) is 4.72 Å². The number of nitrogens with one attached hydrogen (secondary N) is 1. The maximum atomic E-state index is 12.4. The summed E-state index contributed by atoms with van der Waals surface area (Å²) in [6.07, 6.45) is 0. The Kier molecular flexibility index (Phi) is 6.51. The third-order valence-electron chi connectivity index (χ3n) is 3.40. The molecule has 4 heteroatoms. The van der Waals surface area contributed by atoms with Gasteiger partial charge in [-0.15, -0.1) is 0 Å². The summed E-state index contributed by atoms with van der Waals surface area (Å²) in [5.74, 6) is 0. The van der Waals surface area contributed by atoms with Gasteiger partial charge in [-0.05, 0) is 31.9 Å². The second-order valence-corrected chi connectivity index (χ2v) is 8.46. The fourth-order valence-corrected chi connectivity index (χ4v) is 2.87. The second kappa shape index (κ2) is 8.39. The van der Waals surface area contributed by atoms with Gasteiger partial charge in [-0.25, -0.2) is 8.93 Å². The Morgan fingerprint density at radius 3 is 2.13 bits per heavy atom. The van der Waals surface area contributed by atoms with Crippen LogP contribution in [0.5, 0.6) is 0 Å². The van der Waals surface area contributed by atoms with E-state index >= 15 is 0 Å². The van der Waals surface area contributed by atoms with Crippen molar-refractivity contribution in [2.75, 3.05) is 6.61 Å². The van der Waals surface area contributed by atoms with E-state index in [9.17, 15) is 4.21 Å². The van der Waals surface area contributed by atoms with E-state index < -0.39 is 11.0 Å². The average Bonchev–Trinajstić information content (AvgIpc) is 2.54. The van der Waals surface area contributed by atoms with E-state index in [-0.39, 0.29) is 10.8 Å². The van der Waals surface area contributed by atoms with Crippen LogP contribution in [0.3, 0.4) is 0 Å². The first-order chi connectivity index (χ1) is 11.0. The van der Waals surface area contributed by atoms with Crippen LogP contribution in [0.4, 0.5) is 0 Å². The predicted octanol–water partition coefficient (Wildman–Crippen LogP) is 4.00. The third-order valence-corrected chi connectivity index (χ3v) is 5.01. The molecular weight excluding hydrogens is 306 g/mol. The SMILES string of the molecule is CC(C)(C)[S@@](=O)N[C@@H](COCc1ccccc1)c1ccccc1. The summed E-state index contributed by atoms with van der Waals surface area (Å²) in [5, 5.41) is 0. The molecule has 1 N–H and O–H groups in total. The molecule has 3 nitrogen and oxygen atoms in total. The van der Waals surface area contributed by atoms with Crippen molar-refractivity contribution >= 4 is 11.0 Å². The van der Waals surface area contributed by atoms with Crippen molar-refractivity contribution in [2.24, 2.45) is 0 Å². The maximum absolute atomic E-state index is 12.4. The summed E-state index contributed by atoms with van der Waals surface area (Å²) < 4.78 is 21.2. The molecule has 0 saturated heterocycles. The Morgan fingerprint density at radius 1 is 1.00 bits per heavy atom. The molecule has 0 fully saturated rings. The van der Waals surface area contributed by atoms with Gasteiger partial charge in [0.2, 0.25) is 0 Å². The lowest BCUT2D eigenvalue weighted by atomic mass is 10.1. The monoisotopic (exact) mass is 331 g/mol. The van der Waals surface area contributed by atoms with Crippen LogP contribution in [-0.4, -0.2) is 15.6 Å². The van der Waals surface area contributed by atoms with Crippen molar-refractivity contribution < 1.29 is 8.95 Å². The smallest absolute Gasteiger partial charge is 0.0976 e. The molecule has 2 atom stereocenters. The van der Waals surface area contributed by atoms with Gasteiger partial charge in [0, 0.05) is 0 Å². The van der Waals surface area contributed by atoms with E-state index in [0.29, 0.717) is 13.2 Å². The lowest BCUT2D eigenvalue weighted by Crippen LogP contribution is -2.37. The minimum atomic E-state index is -1.15. The van der Waals surface area contributed by atoms with Crippen molar-refractivity contribution in [3.63, 3.8) is 0 Å². The topological polar surface area (TPSA) is 38.3 Å². The van der Waals surface area contributed by atoms with Gasteiger partial charge >= 0.3 is 0 Å². The zero-order valence-electron chi connectivity index (χ0n) is 14.0. The van der Waals surface area contributed by atoms with Crippen molar-refractivity contribution in [3.8, 4) is 0 Å². The minimum absolute atomic E-state index is 0.0972. The van der Waals surface area contributed by atoms with Crippen LogP contribution in [-0.2, 0) is 22.3 Å². The fraction of sp³-hybridized carbons (Fsp3) is 0.368. The Hall–Kier alpha value is -1.49. The largest absolute Gasteiger partial charge is 0.375 e. The number of hydrogen-bond acceptors (Lipinski definition) is 2. The number of ether oxygens (including phenoxy) is 1. The van der Waals surface area contributed by atoms with Crippen molar-refractivity contribution in [2.45, 2.75) is 38.2 Å². The lowest BCUT2D eigenvalue weighted by molar-refractivity contribution is 0.104. The molecule has 0 unspecified atom stereocenters. The first kappa shape index (κ1) is 17.9. The van der Waals surface area contributed by atoms with Gasteiger partial charge in [0.05, 0.1) is 35.0 Å². The van der Waals surface area contributed by atoms with Gasteiger partial charge in [0.25, 0.3) is 0 Å². The van der Waals surface area contributed by atoms with Gasteiger partial charge in [0.1, 0.15) is 0 Å². The Balaban J connectivity index is 2.01. The molecule has 2 rings (SSSR count). The quantitative estimate of drug-likeness (QED) is 0.833. The highest BCUT2D eigenvalue weighted by atomic mass is 32.2. The van der Waals surface area contributed by atoms with Crippen LogP contribution in [0.15, 0.2) is 60.7 Å². The van der Waals surface area contributed by atoms with Crippen LogP contribution >= 0.6 is 0 Å². The van der Waals surface area contributed by atoms with E-state index in [1.54, 1.807) is 0 Å². The standard InChI is InChI=1S/C19H25NO2S/c1-19(2,3)23(21)20-18(17-12-8-5-9-13-17)15-22-14-16-10-6-4-7-11-16/h4-13,18,20H,14-15H2,1-3H3/t18-,23+/m0/s1. The minimum Gasteiger partial charge on any atom is -0.375 e. The molecule has 0 heterocycles. The maximum Gasteiger partial charge on any atom is 0.0976 e. The molecule has 0 aromatic heterocycles. The summed E-state index contributed by atoms with van der Waals surface area (Å²) in [6.45, 7) is 6.91. The first-order valence-corrected chi connectivity index (χ1v) is 8.96. The highest BCUT2D eigenvalue weighted by Crippen LogP contribution is 2.18. The summed E-state index contributed by atoms with van der Waals surface area (Å²) in [4.78, 5) is 0. The molecule has 0 radical (unpaired) electrons. The van der Waals surface area contributed by atoms with Gasteiger partial charge < -0.3 is 4.74 Å². The van der Waals surface area contributed by atoms with E-state index in [2.05, 4.69) is 4.72 Å². The number of hydrogen-bond donors (Lipinski definition) is 1. The molecule has 0 spiro atoms. The van der Waals surface area contributed by atoms with Crippen molar-refractivity contribution in [1.29, 1.82) is 0 Å². The molecule has 0 aliphatic heterocycles. The van der Waals surface area contributed by atoms with Gasteiger partial charge in [-0.3, -0.25) is 0 Å². The molecule has 23 heavy (non-hydrogen) atoms. The van der Waals surface area contributed by atoms with Crippen LogP contribution in [0.2, 0.25) is 0 Å². The normalized spacial score (nSPS) is 14.4. The second-order valence-electron chi connectivity index (χ2n) is 6.46. The Bertz CT molecular complexity index is 608. The van der Waals surface area contributed by atoms with Crippen LogP contribution in [0, 0.1) is 0 Å². The number of rotatable bonds is 7. The zero-order valence-corrected chi connectivity index (χ0v) is 14.8. The van der Waals surface area contributed by atoms with Crippen molar-refractivity contribution in [3.05, 3.63) is 71.8 Å². The Labute approximate surface area is 141 Å². The van der Waals surface area contributed by atoms with E-state index in [0.717, 1.165) is 11.1 Å². The van der Waals surface area contributed by atoms with Gasteiger partial charge in [0.15, 0.2) is 0 Å². The molecule has 0 aliphatic carbocycles. The van der Waals surface area contributed by atoms with Gasteiger partial charge in [-0.1, -0.05) is 60.7 Å². The fourth-order valence-electron chi connectivity index (χ4n) is 2.06. The molecule has 0 amide bonds. The molecule has 2 aromatic rings. The third kappa shape index (κ3) is 5.90. The summed E-state index contributed by atoms with van der Waals surface area (Å²) in [6, 6.07) is 20.0. The van der Waals surface area contributed by atoms with E-state index in [1.807, 2.05) is 81.4 Å². The molecular formula is C19H25NO2S. The van der Waals surface area contributed by atoms with Gasteiger partial charge in [-0.2, -0.15) is 0 Å². The highest BCUT2D eigenvalue weighted by Gasteiger charge is 2.23. The van der Waals surface area contributed by atoms with Crippen LogP contribution in [0.1, 0.15) is 37.9 Å². The molecule has 124 valence electrons. The summed E-state index contributed by atoms with van der Waals surface area (Å²) >= 11 is 0. The lowest BCUT2D eigenvalue weighted by Gasteiger charge is -2.24. The predicted molar refractivity (Wildman–Crippen MR) is 96.3 cm³/mol. The van der Waals surface area contributed by atoms with Crippen LogP contribution < -0.4 is 4.72 Å². The average molecular weight is 331 g/mol. The Morgan fingerprint density at radius 2 is 1.57 bits per heavy atom. The molecule has 0 saturated carbocycles. The number of benzene rings is 2. The molecule has 0 aliphatic rings. The zero-order chi connectivity index (χ0) is 16.7.